The molecule has 1 aromatic carbocycles. The molecule has 2 heterocycles. The van der Waals surface area contributed by atoms with Crippen molar-refractivity contribution in [2.45, 2.75) is 32.7 Å². The Bertz CT molecular complexity index is 832. The van der Waals surface area contributed by atoms with Crippen molar-refractivity contribution in [2.75, 3.05) is 12.3 Å². The summed E-state index contributed by atoms with van der Waals surface area (Å²) in [6.07, 6.45) is 0. The van der Waals surface area contributed by atoms with Gasteiger partial charge in [0.2, 0.25) is 0 Å². The van der Waals surface area contributed by atoms with Crippen molar-refractivity contribution in [2.24, 2.45) is 0 Å². The molecule has 5 nitrogen and oxygen atoms in total. The SMILES string of the molecule is CC(C)(C)c1cc(-c2ccccc2)c2c(N)nn(CCO)c2n1. The van der Waals surface area contributed by atoms with Gasteiger partial charge in [0.05, 0.1) is 18.5 Å². The molecule has 0 aliphatic rings. The summed E-state index contributed by atoms with van der Waals surface area (Å²) in [5.74, 6) is 0.445. The van der Waals surface area contributed by atoms with Gasteiger partial charge in [0.25, 0.3) is 0 Å². The number of aromatic nitrogens is 3. The Balaban J connectivity index is 2.37. The van der Waals surface area contributed by atoms with Gasteiger partial charge in [-0.15, -0.1) is 0 Å². The first kappa shape index (κ1) is 15.5. The Morgan fingerprint density at radius 3 is 2.48 bits per heavy atom. The smallest absolute Gasteiger partial charge is 0.160 e. The third-order valence-electron chi connectivity index (χ3n) is 3.89. The van der Waals surface area contributed by atoms with Crippen LogP contribution in [-0.4, -0.2) is 26.5 Å². The number of rotatable bonds is 3. The van der Waals surface area contributed by atoms with Gasteiger partial charge in [0.15, 0.2) is 11.5 Å². The number of nitrogens with two attached hydrogens (primary N) is 1. The second-order valence-electron chi connectivity index (χ2n) is 6.70. The van der Waals surface area contributed by atoms with Gasteiger partial charge in [-0.2, -0.15) is 5.10 Å². The lowest BCUT2D eigenvalue weighted by Gasteiger charge is -2.19. The molecule has 0 fully saturated rings. The summed E-state index contributed by atoms with van der Waals surface area (Å²) in [7, 11) is 0. The third-order valence-corrected chi connectivity index (χ3v) is 3.89. The summed E-state index contributed by atoms with van der Waals surface area (Å²) in [5.41, 5.74) is 9.87. The fourth-order valence-corrected chi connectivity index (χ4v) is 2.68. The molecule has 0 aliphatic carbocycles. The van der Waals surface area contributed by atoms with E-state index in [1.165, 1.54) is 0 Å². The fourth-order valence-electron chi connectivity index (χ4n) is 2.68. The van der Waals surface area contributed by atoms with Crippen molar-refractivity contribution in [1.82, 2.24) is 14.8 Å². The first-order valence-electron chi connectivity index (χ1n) is 7.75. The number of anilines is 1. The van der Waals surface area contributed by atoms with Gasteiger partial charge in [0.1, 0.15) is 0 Å². The van der Waals surface area contributed by atoms with Crippen LogP contribution in [0.3, 0.4) is 0 Å². The van der Waals surface area contributed by atoms with E-state index in [1.807, 2.05) is 18.2 Å². The molecule has 0 amide bonds. The summed E-state index contributed by atoms with van der Waals surface area (Å²) in [6, 6.07) is 12.2. The number of nitrogen functional groups attached to an aromatic ring is 1. The predicted molar refractivity (Wildman–Crippen MR) is 93.2 cm³/mol. The van der Waals surface area contributed by atoms with Crippen LogP contribution in [0.5, 0.6) is 0 Å². The fraction of sp³-hybridized carbons (Fsp3) is 0.333. The van der Waals surface area contributed by atoms with E-state index in [4.69, 9.17) is 10.7 Å². The Hall–Kier alpha value is -2.40. The first-order valence-corrected chi connectivity index (χ1v) is 7.75. The molecule has 0 saturated heterocycles. The van der Waals surface area contributed by atoms with Crippen LogP contribution >= 0.6 is 0 Å². The highest BCUT2D eigenvalue weighted by molar-refractivity contribution is 6.00. The molecule has 120 valence electrons. The third kappa shape index (κ3) is 2.80. The van der Waals surface area contributed by atoms with E-state index in [0.717, 1.165) is 27.9 Å². The average Bonchev–Trinajstić information content (AvgIpc) is 2.83. The van der Waals surface area contributed by atoms with Crippen LogP contribution in [0.15, 0.2) is 36.4 Å². The van der Waals surface area contributed by atoms with Crippen LogP contribution < -0.4 is 5.73 Å². The number of nitrogens with zero attached hydrogens (tertiary/aromatic N) is 3. The van der Waals surface area contributed by atoms with Gasteiger partial charge in [-0.05, 0) is 17.2 Å². The van der Waals surface area contributed by atoms with Crippen LogP contribution in [0.2, 0.25) is 0 Å². The minimum absolute atomic E-state index is 0.00167. The lowest BCUT2D eigenvalue weighted by atomic mass is 9.89. The molecule has 0 atom stereocenters. The number of hydrogen-bond acceptors (Lipinski definition) is 4. The summed E-state index contributed by atoms with van der Waals surface area (Å²) in [5, 5.41) is 14.5. The zero-order valence-corrected chi connectivity index (χ0v) is 13.7. The van der Waals surface area contributed by atoms with Crippen molar-refractivity contribution >= 4 is 16.9 Å². The summed E-state index contributed by atoms with van der Waals surface area (Å²) < 4.78 is 1.69. The molecule has 2 aromatic heterocycles. The molecule has 3 aromatic rings. The van der Waals surface area contributed by atoms with E-state index >= 15 is 0 Å². The molecule has 0 radical (unpaired) electrons. The zero-order chi connectivity index (χ0) is 16.6. The maximum absolute atomic E-state index is 9.27. The monoisotopic (exact) mass is 310 g/mol. The average molecular weight is 310 g/mol. The predicted octanol–water partition coefficient (Wildman–Crippen LogP) is 2.97. The van der Waals surface area contributed by atoms with Crippen molar-refractivity contribution in [3.05, 3.63) is 42.1 Å². The van der Waals surface area contributed by atoms with Crippen LogP contribution in [0.4, 0.5) is 5.82 Å². The van der Waals surface area contributed by atoms with Crippen LogP contribution in [0.25, 0.3) is 22.2 Å². The molecular formula is C18H22N4O. The Morgan fingerprint density at radius 2 is 1.87 bits per heavy atom. The highest BCUT2D eigenvalue weighted by atomic mass is 16.3. The Kier molecular flexibility index (Phi) is 3.82. The van der Waals surface area contributed by atoms with Gasteiger partial charge >= 0.3 is 0 Å². The standard InChI is InChI=1S/C18H22N4O/c1-18(2,3)14-11-13(12-7-5-4-6-8-12)15-16(19)21-22(9-10-23)17(15)20-14/h4-8,11,23H,9-10H2,1-3H3,(H2,19,21). The second-order valence-corrected chi connectivity index (χ2v) is 6.70. The van der Waals surface area contributed by atoms with E-state index in [2.05, 4.69) is 44.1 Å². The summed E-state index contributed by atoms with van der Waals surface area (Å²) >= 11 is 0. The molecule has 0 spiro atoms. The van der Waals surface area contributed by atoms with Gasteiger partial charge in [-0.3, -0.25) is 0 Å². The Morgan fingerprint density at radius 1 is 1.17 bits per heavy atom. The lowest BCUT2D eigenvalue weighted by molar-refractivity contribution is 0.271. The maximum atomic E-state index is 9.27. The molecule has 5 heteroatoms. The van der Waals surface area contributed by atoms with Crippen LogP contribution in [0, 0.1) is 0 Å². The van der Waals surface area contributed by atoms with Gasteiger partial charge in [-0.25, -0.2) is 9.67 Å². The molecule has 23 heavy (non-hydrogen) atoms. The quantitative estimate of drug-likeness (QED) is 0.779. The normalized spacial score (nSPS) is 12.0. The van der Waals surface area contributed by atoms with E-state index in [1.54, 1.807) is 4.68 Å². The Labute approximate surface area is 135 Å². The van der Waals surface area contributed by atoms with Gasteiger partial charge < -0.3 is 10.8 Å². The van der Waals surface area contributed by atoms with Gasteiger partial charge in [-0.1, -0.05) is 51.1 Å². The van der Waals surface area contributed by atoms with E-state index < -0.39 is 0 Å². The maximum Gasteiger partial charge on any atom is 0.160 e. The van der Waals surface area contributed by atoms with E-state index in [0.29, 0.717) is 12.4 Å². The second kappa shape index (κ2) is 5.66. The number of aliphatic hydroxyl groups is 1. The van der Waals surface area contributed by atoms with E-state index in [-0.39, 0.29) is 12.0 Å². The molecule has 3 rings (SSSR count). The molecule has 0 aliphatic heterocycles. The topological polar surface area (TPSA) is 77.0 Å². The molecule has 0 bridgehead atoms. The molecule has 0 saturated carbocycles. The highest BCUT2D eigenvalue weighted by Gasteiger charge is 2.22. The zero-order valence-electron chi connectivity index (χ0n) is 13.7. The number of pyridine rings is 1. The number of aliphatic hydroxyl groups excluding tert-OH is 1. The lowest BCUT2D eigenvalue weighted by Crippen LogP contribution is -2.15. The van der Waals surface area contributed by atoms with E-state index in [9.17, 15) is 5.11 Å². The van der Waals surface area contributed by atoms with Crippen molar-refractivity contribution in [3.63, 3.8) is 0 Å². The highest BCUT2D eigenvalue weighted by Crippen LogP contribution is 2.35. The minimum Gasteiger partial charge on any atom is -0.394 e. The van der Waals surface area contributed by atoms with Crippen molar-refractivity contribution in [3.8, 4) is 11.1 Å². The largest absolute Gasteiger partial charge is 0.394 e. The minimum atomic E-state index is -0.0964. The molecule has 3 N–H and O–H groups in total. The number of fused-ring (bicyclic) bond motifs is 1. The molecule has 0 unspecified atom stereocenters. The number of hydrogen-bond donors (Lipinski definition) is 2. The van der Waals surface area contributed by atoms with Crippen LogP contribution in [0.1, 0.15) is 26.5 Å². The van der Waals surface area contributed by atoms with Crippen LogP contribution in [-0.2, 0) is 12.0 Å². The van der Waals surface area contributed by atoms with Gasteiger partial charge in [0, 0.05) is 11.1 Å². The summed E-state index contributed by atoms with van der Waals surface area (Å²) in [4.78, 5) is 4.78. The first-order chi connectivity index (χ1) is 10.9. The van der Waals surface area contributed by atoms with Crippen molar-refractivity contribution in [1.29, 1.82) is 0 Å². The molecular weight excluding hydrogens is 288 g/mol. The summed E-state index contributed by atoms with van der Waals surface area (Å²) in [6.45, 7) is 6.77. The number of benzene rings is 1. The van der Waals surface area contributed by atoms with Crippen molar-refractivity contribution < 1.29 is 5.11 Å².